The lowest BCUT2D eigenvalue weighted by molar-refractivity contribution is 0.0783. The van der Waals surface area contributed by atoms with E-state index in [1.165, 1.54) is 0 Å². The number of nitrogens with zero attached hydrogens (tertiary/aromatic N) is 4. The second-order valence-corrected chi connectivity index (χ2v) is 9.14. The number of rotatable bonds is 5. The van der Waals surface area contributed by atoms with E-state index < -0.39 is 0 Å². The molecule has 2 amide bonds. The number of likely N-dealkylation sites (tertiary alicyclic amines) is 1. The molecule has 5 rings (SSSR count). The van der Waals surface area contributed by atoms with Gasteiger partial charge < -0.3 is 16.0 Å². The van der Waals surface area contributed by atoms with Crippen LogP contribution in [0.1, 0.15) is 27.1 Å². The second-order valence-electron chi connectivity index (χ2n) is 8.36. The monoisotopic (exact) mass is 472 g/mol. The number of benzene rings is 1. The van der Waals surface area contributed by atoms with Crippen molar-refractivity contribution in [3.63, 3.8) is 0 Å². The molecule has 3 N–H and O–H groups in total. The lowest BCUT2D eigenvalue weighted by Gasteiger charge is -2.18. The van der Waals surface area contributed by atoms with Gasteiger partial charge in [0.25, 0.3) is 11.8 Å². The van der Waals surface area contributed by atoms with Crippen LogP contribution in [0.25, 0.3) is 22.3 Å². The van der Waals surface area contributed by atoms with Gasteiger partial charge in [-0.25, -0.2) is 4.98 Å². The Morgan fingerprint density at radius 2 is 1.91 bits per heavy atom. The van der Waals surface area contributed by atoms with E-state index in [4.69, 9.17) is 5.73 Å². The third-order valence-corrected chi connectivity index (χ3v) is 6.68. The zero-order valence-corrected chi connectivity index (χ0v) is 19.5. The summed E-state index contributed by atoms with van der Waals surface area (Å²) in [7, 11) is 1.83. The van der Waals surface area contributed by atoms with Crippen molar-refractivity contribution in [2.24, 2.45) is 7.05 Å². The normalized spacial score (nSPS) is 15.4. The zero-order valence-electron chi connectivity index (χ0n) is 18.6. The van der Waals surface area contributed by atoms with Crippen molar-refractivity contribution in [3.05, 3.63) is 76.9 Å². The number of aromatic nitrogens is 3. The van der Waals surface area contributed by atoms with E-state index >= 15 is 0 Å². The number of amides is 2. The van der Waals surface area contributed by atoms with Crippen molar-refractivity contribution in [1.82, 2.24) is 25.0 Å². The fourth-order valence-electron chi connectivity index (χ4n) is 4.13. The number of aryl methyl sites for hydroxylation is 1. The summed E-state index contributed by atoms with van der Waals surface area (Å²) in [5.41, 5.74) is 10.8. The Morgan fingerprint density at radius 3 is 2.62 bits per heavy atom. The summed E-state index contributed by atoms with van der Waals surface area (Å²) < 4.78 is 1.69. The minimum absolute atomic E-state index is 0.0339. The van der Waals surface area contributed by atoms with Gasteiger partial charge in [-0.3, -0.25) is 14.3 Å². The average molecular weight is 473 g/mol. The highest BCUT2D eigenvalue weighted by Gasteiger charge is 2.29. The van der Waals surface area contributed by atoms with Gasteiger partial charge in [-0.05, 0) is 52.6 Å². The molecule has 8 nitrogen and oxygen atoms in total. The summed E-state index contributed by atoms with van der Waals surface area (Å²) in [6.07, 6.45) is 5.87. The number of nitrogens with one attached hydrogen (secondary N) is 1. The second kappa shape index (κ2) is 9.11. The van der Waals surface area contributed by atoms with Crippen molar-refractivity contribution in [2.45, 2.75) is 12.5 Å². The quantitative estimate of drug-likeness (QED) is 0.463. The molecule has 172 valence electrons. The van der Waals surface area contributed by atoms with Crippen LogP contribution >= 0.6 is 11.3 Å². The minimum atomic E-state index is -0.296. The van der Waals surface area contributed by atoms with Crippen molar-refractivity contribution in [2.75, 3.05) is 18.8 Å². The van der Waals surface area contributed by atoms with Crippen LogP contribution in [0, 0.1) is 0 Å². The molecule has 3 aromatic heterocycles. The van der Waals surface area contributed by atoms with E-state index in [2.05, 4.69) is 26.8 Å². The molecule has 1 aliphatic rings. The van der Waals surface area contributed by atoms with Gasteiger partial charge in [0.15, 0.2) is 0 Å². The first-order chi connectivity index (χ1) is 16.5. The van der Waals surface area contributed by atoms with Crippen LogP contribution in [0.3, 0.4) is 0 Å². The maximum absolute atomic E-state index is 13.0. The zero-order chi connectivity index (χ0) is 23.7. The van der Waals surface area contributed by atoms with Gasteiger partial charge in [-0.1, -0.05) is 12.1 Å². The van der Waals surface area contributed by atoms with Crippen molar-refractivity contribution >= 4 is 29.0 Å². The van der Waals surface area contributed by atoms with Crippen molar-refractivity contribution < 1.29 is 9.59 Å². The Kier molecular flexibility index (Phi) is 5.85. The largest absolute Gasteiger partial charge is 0.383 e. The predicted molar refractivity (Wildman–Crippen MR) is 132 cm³/mol. The Morgan fingerprint density at radius 1 is 1.09 bits per heavy atom. The van der Waals surface area contributed by atoms with Crippen LogP contribution in [0.4, 0.5) is 5.82 Å². The third-order valence-electron chi connectivity index (χ3n) is 6.00. The van der Waals surface area contributed by atoms with E-state index in [1.807, 2.05) is 42.9 Å². The van der Waals surface area contributed by atoms with Gasteiger partial charge in [-0.15, -0.1) is 0 Å². The first kappa shape index (κ1) is 21.8. The molecule has 9 heteroatoms. The number of pyridine rings is 1. The molecule has 1 atom stereocenters. The Bertz CT molecular complexity index is 1330. The van der Waals surface area contributed by atoms with Crippen LogP contribution in [-0.2, 0) is 7.05 Å². The third kappa shape index (κ3) is 4.42. The molecule has 4 aromatic rings. The summed E-state index contributed by atoms with van der Waals surface area (Å²) in [5, 5.41) is 11.3. The number of carbonyl (C=O) groups is 2. The minimum Gasteiger partial charge on any atom is -0.383 e. The van der Waals surface area contributed by atoms with Crippen LogP contribution in [-0.4, -0.2) is 50.6 Å². The fourth-order valence-corrected chi connectivity index (χ4v) is 4.79. The number of carbonyl (C=O) groups excluding carboxylic acids is 2. The molecule has 0 radical (unpaired) electrons. The van der Waals surface area contributed by atoms with E-state index in [0.29, 0.717) is 30.6 Å². The van der Waals surface area contributed by atoms with E-state index in [0.717, 1.165) is 22.3 Å². The molecule has 1 saturated heterocycles. The summed E-state index contributed by atoms with van der Waals surface area (Å²) in [4.78, 5) is 31.9. The van der Waals surface area contributed by atoms with Crippen molar-refractivity contribution in [3.8, 4) is 22.3 Å². The lowest BCUT2D eigenvalue weighted by Crippen LogP contribution is -2.38. The summed E-state index contributed by atoms with van der Waals surface area (Å²) in [6, 6.07) is 11.3. The standard InChI is InChI=1S/C25H24N6O2S/c1-30-13-20(12-28-30)19-10-22(23(26)27-11-19)24(32)29-21-6-8-31(14-21)25(33)17-4-2-16(3-5-17)18-7-9-34-15-18/h2-5,7,9-13,15,21H,6,8,14H2,1H3,(H2,26,27)(H,29,32)/t21-/m1/s1. The summed E-state index contributed by atoms with van der Waals surface area (Å²) >= 11 is 1.64. The molecule has 34 heavy (non-hydrogen) atoms. The molecule has 1 fully saturated rings. The highest BCUT2D eigenvalue weighted by Crippen LogP contribution is 2.24. The Hall–Kier alpha value is -3.98. The van der Waals surface area contributed by atoms with Gasteiger partial charge in [0, 0.05) is 55.3 Å². The molecule has 1 aromatic carbocycles. The molecule has 0 bridgehead atoms. The smallest absolute Gasteiger partial charge is 0.255 e. The van der Waals surface area contributed by atoms with Gasteiger partial charge in [0.05, 0.1) is 11.8 Å². The van der Waals surface area contributed by atoms with Gasteiger partial charge in [-0.2, -0.15) is 16.4 Å². The van der Waals surface area contributed by atoms with Gasteiger partial charge >= 0.3 is 0 Å². The molecule has 0 saturated carbocycles. The fraction of sp³-hybridized carbons (Fsp3) is 0.200. The Balaban J connectivity index is 1.23. The number of hydrogen-bond acceptors (Lipinski definition) is 6. The maximum atomic E-state index is 13.0. The van der Waals surface area contributed by atoms with Gasteiger partial charge in [0.2, 0.25) is 0 Å². The van der Waals surface area contributed by atoms with Crippen LogP contribution in [0.5, 0.6) is 0 Å². The number of nitrogens with two attached hydrogens (primary N) is 1. The van der Waals surface area contributed by atoms with E-state index in [-0.39, 0.29) is 23.7 Å². The van der Waals surface area contributed by atoms with Gasteiger partial charge in [0.1, 0.15) is 5.82 Å². The molecule has 4 heterocycles. The molecular formula is C25H24N6O2S. The Labute approximate surface area is 201 Å². The number of anilines is 1. The molecule has 0 aliphatic carbocycles. The van der Waals surface area contributed by atoms with E-state index in [1.54, 1.807) is 39.4 Å². The first-order valence-corrected chi connectivity index (χ1v) is 11.9. The maximum Gasteiger partial charge on any atom is 0.255 e. The van der Waals surface area contributed by atoms with E-state index in [9.17, 15) is 9.59 Å². The predicted octanol–water partition coefficient (Wildman–Crippen LogP) is 3.44. The number of nitrogen functional groups attached to an aromatic ring is 1. The molecule has 1 aliphatic heterocycles. The van der Waals surface area contributed by atoms with Crippen molar-refractivity contribution in [1.29, 1.82) is 0 Å². The first-order valence-electron chi connectivity index (χ1n) is 11.0. The number of thiophene rings is 1. The molecular weight excluding hydrogens is 448 g/mol. The van der Waals surface area contributed by atoms with Crippen LogP contribution < -0.4 is 11.1 Å². The highest BCUT2D eigenvalue weighted by molar-refractivity contribution is 7.08. The SMILES string of the molecule is Cn1cc(-c2cnc(N)c(C(=O)N[C@@H]3CCN(C(=O)c4ccc(-c5ccsc5)cc4)C3)c2)cn1. The topological polar surface area (TPSA) is 106 Å². The number of hydrogen-bond donors (Lipinski definition) is 2. The summed E-state index contributed by atoms with van der Waals surface area (Å²) in [5.74, 6) is -0.162. The van der Waals surface area contributed by atoms with Crippen LogP contribution in [0.2, 0.25) is 0 Å². The van der Waals surface area contributed by atoms with Crippen LogP contribution in [0.15, 0.2) is 65.7 Å². The molecule has 0 spiro atoms. The molecule has 0 unspecified atom stereocenters. The average Bonchev–Trinajstić information content (AvgIpc) is 3.61. The highest BCUT2D eigenvalue weighted by atomic mass is 32.1. The lowest BCUT2D eigenvalue weighted by atomic mass is 10.1. The summed E-state index contributed by atoms with van der Waals surface area (Å²) in [6.45, 7) is 1.03.